The van der Waals surface area contributed by atoms with E-state index in [-0.39, 0.29) is 23.0 Å². The van der Waals surface area contributed by atoms with E-state index in [0.29, 0.717) is 0 Å². The van der Waals surface area contributed by atoms with Crippen LogP contribution in [0.5, 0.6) is 23.0 Å². The molecular formula is C43H44BNO2Si. The van der Waals surface area contributed by atoms with Gasteiger partial charge in [-0.3, -0.25) is 0 Å². The van der Waals surface area contributed by atoms with Gasteiger partial charge in [-0.2, -0.15) is 0 Å². The van der Waals surface area contributed by atoms with Crippen molar-refractivity contribution in [3.05, 3.63) is 108 Å². The van der Waals surface area contributed by atoms with Gasteiger partial charge in [-0.15, -0.1) is 0 Å². The summed E-state index contributed by atoms with van der Waals surface area (Å²) in [7, 11) is -1.91. The summed E-state index contributed by atoms with van der Waals surface area (Å²) >= 11 is 0. The fraction of sp³-hybridized carbons (Fsp3) is 0.302. The van der Waals surface area contributed by atoms with Gasteiger partial charge in [0.15, 0.2) is 0 Å². The van der Waals surface area contributed by atoms with Gasteiger partial charge in [0.1, 0.15) is 31.1 Å². The number of nitrogens with zero attached hydrogens (tertiary/aromatic N) is 1. The molecule has 0 amide bonds. The molecule has 0 unspecified atom stereocenters. The van der Waals surface area contributed by atoms with E-state index in [4.69, 9.17) is 9.47 Å². The molecule has 5 aromatic rings. The number of hydrogen-bond donors (Lipinski definition) is 0. The molecule has 0 spiro atoms. The van der Waals surface area contributed by atoms with E-state index in [1.54, 1.807) is 0 Å². The third-order valence-electron chi connectivity index (χ3n) is 11.7. The molecule has 0 fully saturated rings. The van der Waals surface area contributed by atoms with Gasteiger partial charge in [0.05, 0.1) is 5.69 Å². The summed E-state index contributed by atoms with van der Waals surface area (Å²) in [6.07, 6.45) is 1.12. The molecule has 4 aliphatic rings. The van der Waals surface area contributed by atoms with Crippen LogP contribution < -0.4 is 41.1 Å². The second kappa shape index (κ2) is 9.48. The van der Waals surface area contributed by atoms with E-state index in [0.717, 1.165) is 40.6 Å². The van der Waals surface area contributed by atoms with Crippen molar-refractivity contribution >= 4 is 58.6 Å². The minimum atomic E-state index is -1.91. The van der Waals surface area contributed by atoms with Crippen molar-refractivity contribution in [3.8, 4) is 23.0 Å². The molecule has 0 N–H and O–H groups in total. The lowest BCUT2D eigenvalue weighted by molar-refractivity contribution is 0.402. The molecule has 0 bridgehead atoms. The first-order valence-electron chi connectivity index (χ1n) is 17.5. The Balaban J connectivity index is 1.30. The Hall–Kier alpha value is -4.22. The third kappa shape index (κ3) is 4.06. The van der Waals surface area contributed by atoms with Crippen LogP contribution in [0.25, 0.3) is 0 Å². The third-order valence-corrected chi connectivity index (χ3v) is 15.2. The summed E-state index contributed by atoms with van der Waals surface area (Å²) in [6.45, 7) is 21.4. The molecule has 0 radical (unpaired) electrons. The Morgan fingerprint density at radius 3 is 1.79 bits per heavy atom. The zero-order chi connectivity index (χ0) is 33.5. The summed E-state index contributed by atoms with van der Waals surface area (Å²) in [5, 5.41) is 2.89. The first-order valence-corrected chi connectivity index (χ1v) is 20.5. The normalized spacial score (nSPS) is 18.4. The highest BCUT2D eigenvalue weighted by Crippen LogP contribution is 2.51. The van der Waals surface area contributed by atoms with Crippen LogP contribution in [0, 0.1) is 0 Å². The van der Waals surface area contributed by atoms with Crippen molar-refractivity contribution in [2.24, 2.45) is 0 Å². The highest BCUT2D eigenvalue weighted by molar-refractivity contribution is 7.02. The number of rotatable bonds is 1. The number of hydrogen-bond acceptors (Lipinski definition) is 3. The highest BCUT2D eigenvalue weighted by Gasteiger charge is 2.47. The average Bonchev–Trinajstić information content (AvgIpc) is 3.21. The molecule has 3 nitrogen and oxygen atoms in total. The van der Waals surface area contributed by atoms with Crippen molar-refractivity contribution in [3.63, 3.8) is 0 Å². The predicted molar refractivity (Wildman–Crippen MR) is 205 cm³/mol. The first-order chi connectivity index (χ1) is 22.6. The maximum Gasteiger partial charge on any atom is 0.260 e. The van der Waals surface area contributed by atoms with E-state index in [9.17, 15) is 0 Å². The van der Waals surface area contributed by atoms with E-state index < -0.39 is 8.07 Å². The lowest BCUT2D eigenvalue weighted by Crippen LogP contribution is -2.59. The molecule has 5 aromatic carbocycles. The Morgan fingerprint density at radius 2 is 1.19 bits per heavy atom. The summed E-state index contributed by atoms with van der Waals surface area (Å²) in [6, 6.07) is 34.1. The van der Waals surface area contributed by atoms with Crippen LogP contribution >= 0.6 is 0 Å². The molecule has 3 heterocycles. The van der Waals surface area contributed by atoms with Gasteiger partial charge in [0.2, 0.25) is 0 Å². The van der Waals surface area contributed by atoms with Crippen molar-refractivity contribution < 1.29 is 9.47 Å². The van der Waals surface area contributed by atoms with Crippen LogP contribution in [0.4, 0.5) is 17.1 Å². The SMILES string of the molecule is CC(C)(C)c1ccc2c(c1)B1c3cc4c(cc3Oc3cc(N5c6ccccc6[Si](C)(C)c6ccccc65)cc(c31)O2)C(C)(C)CC4(C)C. The van der Waals surface area contributed by atoms with E-state index in [1.165, 1.54) is 49.4 Å². The van der Waals surface area contributed by atoms with Gasteiger partial charge < -0.3 is 14.4 Å². The fourth-order valence-electron chi connectivity index (χ4n) is 9.49. The molecule has 9 rings (SSSR count). The zero-order valence-corrected chi connectivity index (χ0v) is 30.7. The summed E-state index contributed by atoms with van der Waals surface area (Å²) in [4.78, 5) is 2.43. The van der Waals surface area contributed by atoms with Crippen molar-refractivity contribution in [1.82, 2.24) is 0 Å². The van der Waals surface area contributed by atoms with Crippen molar-refractivity contribution in [1.29, 1.82) is 0 Å². The fourth-order valence-corrected chi connectivity index (χ4v) is 12.5. The number of anilines is 3. The highest BCUT2D eigenvalue weighted by atomic mass is 28.3. The molecule has 1 aliphatic carbocycles. The van der Waals surface area contributed by atoms with Gasteiger partial charge in [-0.05, 0) is 84.9 Å². The van der Waals surface area contributed by atoms with E-state index in [2.05, 4.69) is 157 Å². The summed E-state index contributed by atoms with van der Waals surface area (Å²) < 4.78 is 14.0. The summed E-state index contributed by atoms with van der Waals surface area (Å²) in [5.41, 5.74) is 11.5. The van der Waals surface area contributed by atoms with Crippen LogP contribution in [0.3, 0.4) is 0 Å². The number of para-hydroxylation sites is 2. The molecule has 5 heteroatoms. The van der Waals surface area contributed by atoms with Gasteiger partial charge in [-0.1, -0.05) is 116 Å². The second-order valence-electron chi connectivity index (χ2n) is 17.4. The Labute approximate surface area is 287 Å². The van der Waals surface area contributed by atoms with Crippen LogP contribution in [0.1, 0.15) is 71.6 Å². The number of ether oxygens (including phenoxy) is 2. The Bertz CT molecular complexity index is 2160. The van der Waals surface area contributed by atoms with Crippen LogP contribution in [-0.2, 0) is 16.2 Å². The summed E-state index contributed by atoms with van der Waals surface area (Å²) in [5.74, 6) is 3.68. The lowest BCUT2D eigenvalue weighted by atomic mass is 9.34. The van der Waals surface area contributed by atoms with Crippen LogP contribution in [0.2, 0.25) is 13.1 Å². The quantitative estimate of drug-likeness (QED) is 0.168. The largest absolute Gasteiger partial charge is 0.458 e. The maximum atomic E-state index is 7.07. The molecule has 3 aliphatic heterocycles. The molecule has 0 saturated carbocycles. The van der Waals surface area contributed by atoms with E-state index >= 15 is 0 Å². The zero-order valence-electron chi connectivity index (χ0n) is 29.7. The van der Waals surface area contributed by atoms with Gasteiger partial charge in [0, 0.05) is 29.0 Å². The lowest BCUT2D eigenvalue weighted by Gasteiger charge is -2.42. The molecule has 0 aromatic heterocycles. The Morgan fingerprint density at radius 1 is 0.646 bits per heavy atom. The van der Waals surface area contributed by atoms with Crippen LogP contribution in [0.15, 0.2) is 91.0 Å². The smallest absolute Gasteiger partial charge is 0.260 e. The van der Waals surface area contributed by atoms with Crippen LogP contribution in [-0.4, -0.2) is 14.8 Å². The molecule has 48 heavy (non-hydrogen) atoms. The monoisotopic (exact) mass is 645 g/mol. The predicted octanol–water partition coefficient (Wildman–Crippen LogP) is 8.28. The van der Waals surface area contributed by atoms with Gasteiger partial charge in [0.25, 0.3) is 6.71 Å². The number of benzene rings is 5. The number of fused-ring (bicyclic) bond motifs is 7. The molecule has 0 atom stereocenters. The first kappa shape index (κ1) is 29.9. The maximum absolute atomic E-state index is 7.07. The standard InChI is InChI=1S/C43H44BNO2Si/c1-41(2,3)26-18-19-34-30(20-26)44-31-23-28-29(43(6,7)25-42(28,4)5)24-35(31)47-37-22-27(21-36(46-34)40(37)44)45-32-14-10-12-16-38(32)48(8,9)39-17-13-11-15-33(39)45/h10-24H,25H2,1-9H3. The topological polar surface area (TPSA) is 21.7 Å². The van der Waals surface area contributed by atoms with E-state index in [1.807, 2.05) is 0 Å². The molecule has 0 saturated heterocycles. The molecule has 240 valence electrons. The average molecular weight is 646 g/mol. The minimum Gasteiger partial charge on any atom is -0.458 e. The van der Waals surface area contributed by atoms with Crippen molar-refractivity contribution in [2.45, 2.75) is 84.2 Å². The van der Waals surface area contributed by atoms with Crippen molar-refractivity contribution in [2.75, 3.05) is 4.90 Å². The molecular weight excluding hydrogens is 601 g/mol. The van der Waals surface area contributed by atoms with Gasteiger partial charge >= 0.3 is 0 Å². The second-order valence-corrected chi connectivity index (χ2v) is 21.7. The minimum absolute atomic E-state index is 0.0199. The Kier molecular flexibility index (Phi) is 5.90. The van der Waals surface area contributed by atoms with Gasteiger partial charge in [-0.25, -0.2) is 0 Å².